The van der Waals surface area contributed by atoms with Crippen molar-refractivity contribution < 1.29 is 18.0 Å². The van der Waals surface area contributed by atoms with E-state index in [-0.39, 0.29) is 12.2 Å². The van der Waals surface area contributed by atoms with Gasteiger partial charge in [-0.3, -0.25) is 9.69 Å². The predicted molar refractivity (Wildman–Crippen MR) is 72.4 cm³/mol. The molecule has 0 bridgehead atoms. The van der Waals surface area contributed by atoms with Crippen LogP contribution in [0.2, 0.25) is 0 Å². The lowest BCUT2D eigenvalue weighted by Crippen LogP contribution is -2.40. The molecule has 0 radical (unpaired) electrons. The molecule has 0 saturated carbocycles. The molecule has 1 aromatic heterocycles. The lowest BCUT2D eigenvalue weighted by molar-refractivity contribution is -0.170. The third-order valence-electron chi connectivity index (χ3n) is 2.56. The molecule has 1 amide bonds. The molecule has 1 aromatic carbocycles. The van der Waals surface area contributed by atoms with Gasteiger partial charge in [-0.2, -0.15) is 13.2 Å². The maximum Gasteiger partial charge on any atom is 0.471 e. The van der Waals surface area contributed by atoms with E-state index in [1.54, 1.807) is 23.6 Å². The van der Waals surface area contributed by atoms with Gasteiger partial charge in [0, 0.05) is 16.3 Å². The van der Waals surface area contributed by atoms with Crippen molar-refractivity contribution in [2.24, 2.45) is 0 Å². The third kappa shape index (κ3) is 3.30. The summed E-state index contributed by atoms with van der Waals surface area (Å²) in [7, 11) is 0. The number of hydrogen-bond acceptors (Lipinski definition) is 3. The lowest BCUT2D eigenvalue weighted by Gasteiger charge is -2.23. The molecule has 0 saturated heterocycles. The fourth-order valence-electron chi connectivity index (χ4n) is 1.68. The summed E-state index contributed by atoms with van der Waals surface area (Å²) >= 11 is 1.29. The summed E-state index contributed by atoms with van der Waals surface area (Å²) in [6.45, 7) is -0.139. The van der Waals surface area contributed by atoms with E-state index in [1.165, 1.54) is 29.5 Å². The Morgan fingerprint density at radius 2 is 2.00 bits per heavy atom. The molecule has 7 heteroatoms. The highest BCUT2D eigenvalue weighted by Crippen LogP contribution is 2.27. The predicted octanol–water partition coefficient (Wildman–Crippen LogP) is 3.43. The van der Waals surface area contributed by atoms with Crippen molar-refractivity contribution in [2.75, 3.05) is 10.6 Å². The Morgan fingerprint density at radius 3 is 2.55 bits per heavy atom. The number of amides is 1. The topological polar surface area (TPSA) is 46.3 Å². The molecule has 0 aliphatic carbocycles. The van der Waals surface area contributed by atoms with Gasteiger partial charge in [0.05, 0.1) is 6.54 Å². The van der Waals surface area contributed by atoms with Gasteiger partial charge < -0.3 is 5.73 Å². The number of carbonyl (C=O) groups is 1. The van der Waals surface area contributed by atoms with Crippen LogP contribution in [0.25, 0.3) is 0 Å². The molecular weight excluding hydrogens is 289 g/mol. The lowest BCUT2D eigenvalue weighted by atomic mass is 10.2. The number of anilines is 2. The first kappa shape index (κ1) is 14.4. The molecular formula is C13H11F3N2OS. The van der Waals surface area contributed by atoms with Gasteiger partial charge in [-0.05, 0) is 29.6 Å². The monoisotopic (exact) mass is 300 g/mol. The molecule has 0 aliphatic rings. The van der Waals surface area contributed by atoms with Crippen LogP contribution in [0.4, 0.5) is 24.5 Å². The number of thiophene rings is 1. The van der Waals surface area contributed by atoms with Crippen LogP contribution >= 0.6 is 11.3 Å². The van der Waals surface area contributed by atoms with Crippen molar-refractivity contribution in [2.45, 2.75) is 12.7 Å². The van der Waals surface area contributed by atoms with E-state index in [0.29, 0.717) is 15.5 Å². The van der Waals surface area contributed by atoms with Crippen molar-refractivity contribution in [1.29, 1.82) is 0 Å². The van der Waals surface area contributed by atoms with Crippen LogP contribution in [0, 0.1) is 0 Å². The van der Waals surface area contributed by atoms with Gasteiger partial charge in [0.2, 0.25) is 0 Å². The largest absolute Gasteiger partial charge is 0.471 e. The Bertz CT molecular complexity index is 596. The molecule has 0 spiro atoms. The summed E-state index contributed by atoms with van der Waals surface area (Å²) in [6.07, 6.45) is -4.93. The molecule has 0 atom stereocenters. The van der Waals surface area contributed by atoms with Gasteiger partial charge in [0.25, 0.3) is 0 Å². The number of nitrogen functional groups attached to an aromatic ring is 1. The summed E-state index contributed by atoms with van der Waals surface area (Å²) in [5.41, 5.74) is 5.99. The van der Waals surface area contributed by atoms with Crippen molar-refractivity contribution in [3.8, 4) is 0 Å². The number of halogens is 3. The third-order valence-corrected chi connectivity index (χ3v) is 3.42. The Morgan fingerprint density at radius 1 is 1.25 bits per heavy atom. The van der Waals surface area contributed by atoms with E-state index >= 15 is 0 Å². The van der Waals surface area contributed by atoms with E-state index in [1.807, 2.05) is 0 Å². The quantitative estimate of drug-likeness (QED) is 0.883. The molecule has 0 unspecified atom stereocenters. The van der Waals surface area contributed by atoms with Gasteiger partial charge in [-0.15, -0.1) is 11.3 Å². The van der Waals surface area contributed by atoms with E-state index < -0.39 is 12.1 Å². The fraction of sp³-hybridized carbons (Fsp3) is 0.154. The Hall–Kier alpha value is -2.02. The zero-order valence-corrected chi connectivity index (χ0v) is 11.0. The maximum atomic E-state index is 12.7. The smallest absolute Gasteiger partial charge is 0.399 e. The van der Waals surface area contributed by atoms with Crippen LogP contribution in [0.5, 0.6) is 0 Å². The number of rotatable bonds is 3. The second-order valence-electron chi connectivity index (χ2n) is 4.06. The van der Waals surface area contributed by atoms with Crippen LogP contribution in [0.15, 0.2) is 41.8 Å². The molecule has 2 aromatic rings. The Kier molecular flexibility index (Phi) is 3.99. The van der Waals surface area contributed by atoms with Gasteiger partial charge in [0.1, 0.15) is 0 Å². The average molecular weight is 300 g/mol. The number of benzene rings is 1. The number of hydrogen-bond donors (Lipinski definition) is 1. The Balaban J connectivity index is 2.36. The van der Waals surface area contributed by atoms with Gasteiger partial charge in [-0.1, -0.05) is 12.1 Å². The van der Waals surface area contributed by atoms with Gasteiger partial charge >= 0.3 is 12.1 Å². The van der Waals surface area contributed by atoms with Crippen molar-refractivity contribution in [3.63, 3.8) is 0 Å². The maximum absolute atomic E-state index is 12.7. The first-order valence-corrected chi connectivity index (χ1v) is 6.52. The second-order valence-corrected chi connectivity index (χ2v) is 5.10. The summed E-state index contributed by atoms with van der Waals surface area (Å²) in [5.74, 6) is -1.91. The number of nitrogens with two attached hydrogens (primary N) is 1. The summed E-state index contributed by atoms with van der Waals surface area (Å²) in [4.78, 5) is 12.9. The summed E-state index contributed by atoms with van der Waals surface area (Å²) < 4.78 is 38.1. The summed E-state index contributed by atoms with van der Waals surface area (Å²) in [6, 6.07) is 9.22. The number of nitrogens with zero attached hydrogens (tertiary/aromatic N) is 1. The summed E-state index contributed by atoms with van der Waals surface area (Å²) in [5, 5.41) is 1.74. The molecule has 106 valence electrons. The van der Waals surface area contributed by atoms with Crippen LogP contribution in [-0.2, 0) is 11.3 Å². The molecule has 1 heterocycles. The second kappa shape index (κ2) is 5.54. The van der Waals surface area contributed by atoms with E-state index in [2.05, 4.69) is 0 Å². The fourth-order valence-corrected chi connectivity index (χ4v) is 2.38. The van der Waals surface area contributed by atoms with E-state index in [4.69, 9.17) is 5.73 Å². The zero-order valence-electron chi connectivity index (χ0n) is 10.2. The normalized spacial score (nSPS) is 11.3. The van der Waals surface area contributed by atoms with Crippen LogP contribution in [0.1, 0.15) is 4.88 Å². The number of carbonyl (C=O) groups excluding carboxylic acids is 1. The van der Waals surface area contributed by atoms with Crippen LogP contribution in [0.3, 0.4) is 0 Å². The molecule has 0 fully saturated rings. The van der Waals surface area contributed by atoms with Gasteiger partial charge in [0.15, 0.2) is 0 Å². The molecule has 0 aliphatic heterocycles. The van der Waals surface area contributed by atoms with Crippen LogP contribution in [-0.4, -0.2) is 12.1 Å². The van der Waals surface area contributed by atoms with E-state index in [9.17, 15) is 18.0 Å². The Labute approximate surface area is 117 Å². The van der Waals surface area contributed by atoms with Crippen molar-refractivity contribution in [1.82, 2.24) is 0 Å². The molecule has 3 nitrogen and oxygen atoms in total. The first-order valence-electron chi connectivity index (χ1n) is 5.64. The highest BCUT2D eigenvalue weighted by molar-refractivity contribution is 7.09. The highest BCUT2D eigenvalue weighted by atomic mass is 32.1. The first-order chi connectivity index (χ1) is 9.38. The minimum atomic E-state index is -4.93. The number of alkyl halides is 3. The molecule has 2 N–H and O–H groups in total. The zero-order chi connectivity index (χ0) is 14.8. The van der Waals surface area contributed by atoms with E-state index in [0.717, 1.165) is 0 Å². The van der Waals surface area contributed by atoms with Crippen LogP contribution < -0.4 is 10.6 Å². The van der Waals surface area contributed by atoms with Gasteiger partial charge in [-0.25, -0.2) is 0 Å². The SMILES string of the molecule is Nc1cccc(N(Cc2cccs2)C(=O)C(F)(F)F)c1. The molecule has 2 rings (SSSR count). The average Bonchev–Trinajstić information content (AvgIpc) is 2.87. The highest BCUT2D eigenvalue weighted by Gasteiger charge is 2.43. The molecule has 20 heavy (non-hydrogen) atoms. The van der Waals surface area contributed by atoms with Crippen molar-refractivity contribution in [3.05, 3.63) is 46.7 Å². The minimum Gasteiger partial charge on any atom is -0.399 e. The van der Waals surface area contributed by atoms with Crippen molar-refractivity contribution >= 4 is 28.6 Å². The standard InChI is InChI=1S/C13H11F3N2OS/c14-13(15,16)12(19)18(8-11-5-2-6-20-11)10-4-1-3-9(17)7-10/h1-7H,8,17H2. The minimum absolute atomic E-state index is 0.126.